The van der Waals surface area contributed by atoms with Crippen molar-refractivity contribution >= 4 is 17.4 Å². The molecule has 4 rings (SSSR count). The maximum absolute atomic E-state index is 14.5. The highest BCUT2D eigenvalue weighted by Crippen LogP contribution is 2.32. The van der Waals surface area contributed by atoms with Gasteiger partial charge in [0.05, 0.1) is 11.7 Å². The number of nitrogens with zero attached hydrogens (tertiary/aromatic N) is 3. The number of pyridine rings is 1. The molecule has 6 heteroatoms. The summed E-state index contributed by atoms with van der Waals surface area (Å²) < 4.78 is 14.5. The molecule has 0 bridgehead atoms. The molecule has 1 aromatic heterocycles. The van der Waals surface area contributed by atoms with Gasteiger partial charge in [-0.25, -0.2) is 9.18 Å². The average molecular weight is 354 g/mol. The molecule has 0 spiro atoms. The molecule has 0 aliphatic carbocycles. The van der Waals surface area contributed by atoms with Crippen LogP contribution in [-0.2, 0) is 0 Å². The Morgan fingerprint density at radius 3 is 2.58 bits per heavy atom. The van der Waals surface area contributed by atoms with Crippen LogP contribution in [0.4, 0.5) is 20.6 Å². The lowest BCUT2D eigenvalue weighted by Gasteiger charge is -2.25. The van der Waals surface area contributed by atoms with Crippen molar-refractivity contribution in [1.82, 2.24) is 9.88 Å². The van der Waals surface area contributed by atoms with Gasteiger partial charge in [-0.3, -0.25) is 4.98 Å². The minimum atomic E-state index is -0.281. The van der Waals surface area contributed by atoms with Crippen LogP contribution in [0, 0.1) is 5.82 Å². The van der Waals surface area contributed by atoms with Crippen LogP contribution in [-0.4, -0.2) is 35.5 Å². The maximum atomic E-state index is 14.5. The zero-order chi connectivity index (χ0) is 17.9. The number of carbonyl (C=O) groups is 1. The summed E-state index contributed by atoms with van der Waals surface area (Å²) in [5.74, 6) is -0.281. The summed E-state index contributed by atoms with van der Waals surface area (Å²) in [6.45, 7) is 2.49. The van der Waals surface area contributed by atoms with E-state index in [0.717, 1.165) is 44.3 Å². The quantitative estimate of drug-likeness (QED) is 0.899. The van der Waals surface area contributed by atoms with Crippen LogP contribution in [0.25, 0.3) is 0 Å². The molecule has 1 unspecified atom stereocenters. The van der Waals surface area contributed by atoms with Crippen molar-refractivity contribution in [2.75, 3.05) is 29.9 Å². The number of nitrogens with one attached hydrogen (secondary N) is 1. The van der Waals surface area contributed by atoms with Gasteiger partial charge in [0.15, 0.2) is 0 Å². The average Bonchev–Trinajstić information content (AvgIpc) is 3.34. The molecule has 26 heavy (non-hydrogen) atoms. The Morgan fingerprint density at radius 1 is 1.08 bits per heavy atom. The third-order valence-corrected chi connectivity index (χ3v) is 5.25. The third kappa shape index (κ3) is 3.36. The van der Waals surface area contributed by atoms with Gasteiger partial charge in [0.2, 0.25) is 0 Å². The molecule has 2 aromatic rings. The van der Waals surface area contributed by atoms with E-state index in [1.54, 1.807) is 24.5 Å². The fourth-order valence-corrected chi connectivity index (χ4v) is 3.94. The topological polar surface area (TPSA) is 48.5 Å². The van der Waals surface area contributed by atoms with Crippen molar-refractivity contribution in [3.05, 3.63) is 54.1 Å². The first kappa shape index (κ1) is 16.8. The summed E-state index contributed by atoms with van der Waals surface area (Å²) in [5, 5.41) is 2.86. The highest BCUT2D eigenvalue weighted by Gasteiger charge is 2.30. The van der Waals surface area contributed by atoms with Crippen LogP contribution in [0.15, 0.2) is 42.7 Å². The lowest BCUT2D eigenvalue weighted by Crippen LogP contribution is -2.34. The number of halogens is 1. The number of benzene rings is 1. The molecule has 3 heterocycles. The minimum Gasteiger partial charge on any atom is -0.369 e. The fraction of sp³-hybridized carbons (Fsp3) is 0.400. The van der Waals surface area contributed by atoms with E-state index in [4.69, 9.17) is 0 Å². The van der Waals surface area contributed by atoms with E-state index in [2.05, 4.69) is 15.2 Å². The van der Waals surface area contributed by atoms with Crippen LogP contribution < -0.4 is 10.2 Å². The van der Waals surface area contributed by atoms with E-state index in [1.807, 2.05) is 17.0 Å². The van der Waals surface area contributed by atoms with Crippen molar-refractivity contribution in [2.45, 2.75) is 31.7 Å². The van der Waals surface area contributed by atoms with Gasteiger partial charge in [0.25, 0.3) is 0 Å². The van der Waals surface area contributed by atoms with Crippen molar-refractivity contribution in [3.8, 4) is 0 Å². The van der Waals surface area contributed by atoms with E-state index in [1.165, 1.54) is 6.07 Å². The zero-order valence-corrected chi connectivity index (χ0v) is 14.7. The summed E-state index contributed by atoms with van der Waals surface area (Å²) in [6.07, 6.45) is 7.58. The van der Waals surface area contributed by atoms with Crippen LogP contribution in [0.2, 0.25) is 0 Å². The maximum Gasteiger partial charge on any atom is 0.322 e. The molecule has 1 atom stereocenters. The Kier molecular flexibility index (Phi) is 4.73. The molecule has 5 nitrogen and oxygen atoms in total. The molecule has 1 N–H and O–H groups in total. The van der Waals surface area contributed by atoms with E-state index in [9.17, 15) is 9.18 Å². The smallest absolute Gasteiger partial charge is 0.322 e. The number of hydrogen-bond donors (Lipinski definition) is 1. The number of hydrogen-bond acceptors (Lipinski definition) is 3. The lowest BCUT2D eigenvalue weighted by atomic mass is 10.1. The van der Waals surface area contributed by atoms with Crippen LogP contribution >= 0.6 is 0 Å². The van der Waals surface area contributed by atoms with Gasteiger partial charge in [0.1, 0.15) is 5.82 Å². The number of anilines is 2. The molecule has 2 aliphatic heterocycles. The van der Waals surface area contributed by atoms with Gasteiger partial charge in [0, 0.05) is 37.7 Å². The third-order valence-electron chi connectivity index (χ3n) is 5.25. The predicted molar refractivity (Wildman–Crippen MR) is 99.8 cm³/mol. The molecule has 2 fully saturated rings. The van der Waals surface area contributed by atoms with Crippen molar-refractivity contribution in [1.29, 1.82) is 0 Å². The summed E-state index contributed by atoms with van der Waals surface area (Å²) >= 11 is 0. The van der Waals surface area contributed by atoms with Crippen LogP contribution in [0.1, 0.15) is 37.3 Å². The number of carbonyl (C=O) groups excluding carboxylic acids is 1. The standard InChI is InChI=1S/C20H23FN4O/c21-17-14-16(5-6-19(17)24-11-1-2-12-24)23-20(26)25-13-3-4-18(25)15-7-9-22-10-8-15/h5-10,14,18H,1-4,11-13H2,(H,23,26). The predicted octanol–water partition coefficient (Wildman–Crippen LogP) is 4.19. The first-order valence-corrected chi connectivity index (χ1v) is 9.24. The Hall–Kier alpha value is -2.63. The summed E-state index contributed by atoms with van der Waals surface area (Å²) in [4.78, 5) is 20.6. The molecule has 2 aliphatic rings. The largest absolute Gasteiger partial charge is 0.369 e. The zero-order valence-electron chi connectivity index (χ0n) is 14.7. The molecular weight excluding hydrogens is 331 g/mol. The van der Waals surface area contributed by atoms with Gasteiger partial charge < -0.3 is 15.1 Å². The second-order valence-corrected chi connectivity index (χ2v) is 6.92. The molecule has 136 valence electrons. The van der Waals surface area contributed by atoms with E-state index in [-0.39, 0.29) is 17.9 Å². The van der Waals surface area contributed by atoms with Crippen molar-refractivity contribution in [2.24, 2.45) is 0 Å². The molecule has 0 saturated carbocycles. The van der Waals surface area contributed by atoms with E-state index < -0.39 is 0 Å². The van der Waals surface area contributed by atoms with Gasteiger partial charge in [-0.05, 0) is 61.6 Å². The number of aromatic nitrogens is 1. The second kappa shape index (κ2) is 7.32. The van der Waals surface area contributed by atoms with Gasteiger partial charge >= 0.3 is 6.03 Å². The molecular formula is C20H23FN4O. The molecule has 0 radical (unpaired) electrons. The lowest BCUT2D eigenvalue weighted by molar-refractivity contribution is 0.207. The minimum absolute atomic E-state index is 0.0479. The Morgan fingerprint density at radius 2 is 1.85 bits per heavy atom. The highest BCUT2D eigenvalue weighted by atomic mass is 19.1. The number of amides is 2. The van der Waals surface area contributed by atoms with E-state index >= 15 is 0 Å². The number of urea groups is 1. The molecule has 1 aromatic carbocycles. The summed E-state index contributed by atoms with van der Waals surface area (Å²) in [7, 11) is 0. The van der Waals surface area contributed by atoms with Gasteiger partial charge in [-0.1, -0.05) is 0 Å². The Labute approximate surface area is 152 Å². The Balaban J connectivity index is 1.46. The summed E-state index contributed by atoms with van der Waals surface area (Å²) in [5.41, 5.74) is 2.20. The van der Waals surface area contributed by atoms with Crippen molar-refractivity contribution < 1.29 is 9.18 Å². The normalized spacial score (nSPS) is 19.8. The van der Waals surface area contributed by atoms with Gasteiger partial charge in [-0.2, -0.15) is 0 Å². The first-order valence-electron chi connectivity index (χ1n) is 9.24. The Bertz CT molecular complexity index is 777. The highest BCUT2D eigenvalue weighted by molar-refractivity contribution is 5.90. The monoisotopic (exact) mass is 354 g/mol. The molecule has 2 amide bonds. The number of rotatable bonds is 3. The van der Waals surface area contributed by atoms with Crippen LogP contribution in [0.3, 0.4) is 0 Å². The second-order valence-electron chi connectivity index (χ2n) is 6.92. The summed E-state index contributed by atoms with van der Waals surface area (Å²) in [6, 6.07) is 8.72. The van der Waals surface area contributed by atoms with Crippen molar-refractivity contribution in [3.63, 3.8) is 0 Å². The fourth-order valence-electron chi connectivity index (χ4n) is 3.94. The first-order chi connectivity index (χ1) is 12.7. The number of likely N-dealkylation sites (tertiary alicyclic amines) is 1. The van der Waals surface area contributed by atoms with Crippen LogP contribution in [0.5, 0.6) is 0 Å². The molecule has 2 saturated heterocycles. The van der Waals surface area contributed by atoms with Gasteiger partial charge in [-0.15, -0.1) is 0 Å². The SMILES string of the molecule is O=C(Nc1ccc(N2CCCC2)c(F)c1)N1CCCC1c1ccncc1. The van der Waals surface area contributed by atoms with E-state index in [0.29, 0.717) is 17.9 Å².